The van der Waals surface area contributed by atoms with Crippen LogP contribution in [0.2, 0.25) is 10.0 Å². The SMILES string of the molecule is CCCC[C@@H](N)c1cc(Cl)ccc1Cl.Cl. The van der Waals surface area contributed by atoms with Gasteiger partial charge < -0.3 is 5.73 Å². The van der Waals surface area contributed by atoms with E-state index in [4.69, 9.17) is 28.9 Å². The molecule has 1 rings (SSSR count). The summed E-state index contributed by atoms with van der Waals surface area (Å²) in [5, 5.41) is 1.40. The van der Waals surface area contributed by atoms with Crippen LogP contribution in [0.1, 0.15) is 37.8 Å². The minimum atomic E-state index is 0. The second-order valence-electron chi connectivity index (χ2n) is 3.41. The summed E-state index contributed by atoms with van der Waals surface area (Å²) in [5.74, 6) is 0. The Kier molecular flexibility index (Phi) is 7.37. The maximum Gasteiger partial charge on any atom is 0.0454 e. The van der Waals surface area contributed by atoms with Gasteiger partial charge in [0.05, 0.1) is 0 Å². The second kappa shape index (κ2) is 7.34. The fraction of sp³-hybridized carbons (Fsp3) is 0.455. The van der Waals surface area contributed by atoms with Crippen molar-refractivity contribution in [2.45, 2.75) is 32.2 Å². The van der Waals surface area contributed by atoms with Crippen LogP contribution in [0.25, 0.3) is 0 Å². The van der Waals surface area contributed by atoms with Crippen LogP contribution in [0.4, 0.5) is 0 Å². The Labute approximate surface area is 107 Å². The van der Waals surface area contributed by atoms with Gasteiger partial charge in [0.2, 0.25) is 0 Å². The van der Waals surface area contributed by atoms with Gasteiger partial charge >= 0.3 is 0 Å². The maximum absolute atomic E-state index is 6.03. The van der Waals surface area contributed by atoms with E-state index in [1.807, 2.05) is 6.07 Å². The average Bonchev–Trinajstić information content (AvgIpc) is 2.18. The van der Waals surface area contributed by atoms with Crippen molar-refractivity contribution in [3.8, 4) is 0 Å². The molecule has 0 aromatic heterocycles. The molecule has 0 radical (unpaired) electrons. The van der Waals surface area contributed by atoms with Crippen LogP contribution in [0.3, 0.4) is 0 Å². The highest BCUT2D eigenvalue weighted by Gasteiger charge is 2.09. The van der Waals surface area contributed by atoms with Gasteiger partial charge in [0, 0.05) is 16.1 Å². The summed E-state index contributed by atoms with van der Waals surface area (Å²) in [7, 11) is 0. The van der Waals surface area contributed by atoms with Crippen LogP contribution >= 0.6 is 35.6 Å². The third kappa shape index (κ3) is 4.60. The fourth-order valence-corrected chi connectivity index (χ4v) is 1.82. The Hall–Kier alpha value is 0.0500. The van der Waals surface area contributed by atoms with Gasteiger partial charge in [-0.2, -0.15) is 0 Å². The Morgan fingerprint density at radius 1 is 1.33 bits per heavy atom. The molecular weight excluding hydrogens is 252 g/mol. The molecule has 1 atom stereocenters. The molecule has 0 saturated carbocycles. The molecule has 0 saturated heterocycles. The first-order valence-electron chi connectivity index (χ1n) is 4.85. The van der Waals surface area contributed by atoms with E-state index in [0.717, 1.165) is 24.8 Å². The quantitative estimate of drug-likeness (QED) is 0.848. The Bertz CT molecular complexity index is 302. The zero-order chi connectivity index (χ0) is 10.6. The van der Waals surface area contributed by atoms with Crippen molar-refractivity contribution >= 4 is 35.6 Å². The number of hydrogen-bond acceptors (Lipinski definition) is 1. The smallest absolute Gasteiger partial charge is 0.0454 e. The highest BCUT2D eigenvalue weighted by atomic mass is 35.5. The van der Waals surface area contributed by atoms with Crippen molar-refractivity contribution in [3.05, 3.63) is 33.8 Å². The minimum Gasteiger partial charge on any atom is -0.324 e. The van der Waals surface area contributed by atoms with Gasteiger partial charge in [0.1, 0.15) is 0 Å². The molecule has 1 aromatic carbocycles. The molecule has 0 bridgehead atoms. The van der Waals surface area contributed by atoms with Crippen molar-refractivity contribution < 1.29 is 0 Å². The number of rotatable bonds is 4. The molecule has 15 heavy (non-hydrogen) atoms. The van der Waals surface area contributed by atoms with Gasteiger partial charge in [-0.25, -0.2) is 0 Å². The summed E-state index contributed by atoms with van der Waals surface area (Å²) in [5.41, 5.74) is 6.96. The number of halogens is 3. The molecule has 0 fully saturated rings. The molecule has 1 nitrogen and oxygen atoms in total. The summed E-state index contributed by atoms with van der Waals surface area (Å²) in [6.45, 7) is 2.15. The number of hydrogen-bond donors (Lipinski definition) is 1. The Balaban J connectivity index is 0.00000196. The lowest BCUT2D eigenvalue weighted by atomic mass is 10.0. The van der Waals surface area contributed by atoms with E-state index in [2.05, 4.69) is 6.92 Å². The third-order valence-electron chi connectivity index (χ3n) is 2.23. The Morgan fingerprint density at radius 3 is 2.60 bits per heavy atom. The van der Waals surface area contributed by atoms with Gasteiger partial charge in [-0.3, -0.25) is 0 Å². The fourth-order valence-electron chi connectivity index (χ4n) is 1.38. The van der Waals surface area contributed by atoms with Crippen molar-refractivity contribution in [1.82, 2.24) is 0 Å². The van der Waals surface area contributed by atoms with Gasteiger partial charge in [0.15, 0.2) is 0 Å². The van der Waals surface area contributed by atoms with E-state index < -0.39 is 0 Å². The number of benzene rings is 1. The van der Waals surface area contributed by atoms with Crippen LogP contribution in [-0.2, 0) is 0 Å². The van der Waals surface area contributed by atoms with E-state index in [1.54, 1.807) is 12.1 Å². The molecule has 2 N–H and O–H groups in total. The molecule has 0 unspecified atom stereocenters. The monoisotopic (exact) mass is 267 g/mol. The highest BCUT2D eigenvalue weighted by molar-refractivity contribution is 6.33. The zero-order valence-corrected chi connectivity index (χ0v) is 11.0. The lowest BCUT2D eigenvalue weighted by Gasteiger charge is -2.13. The van der Waals surface area contributed by atoms with Crippen LogP contribution < -0.4 is 5.73 Å². The summed E-state index contributed by atoms with van der Waals surface area (Å²) in [6, 6.07) is 5.43. The highest BCUT2D eigenvalue weighted by Crippen LogP contribution is 2.27. The third-order valence-corrected chi connectivity index (χ3v) is 2.81. The molecule has 0 amide bonds. The predicted octanol–water partition coefficient (Wildman–Crippen LogP) is 4.61. The van der Waals surface area contributed by atoms with E-state index >= 15 is 0 Å². The molecule has 4 heteroatoms. The first kappa shape index (κ1) is 15.0. The van der Waals surface area contributed by atoms with Gasteiger partial charge in [-0.1, -0.05) is 43.0 Å². The summed E-state index contributed by atoms with van der Waals surface area (Å²) < 4.78 is 0. The minimum absolute atomic E-state index is 0. The first-order valence-corrected chi connectivity index (χ1v) is 5.61. The molecule has 0 spiro atoms. The standard InChI is InChI=1S/C11H15Cl2N.ClH/c1-2-3-4-11(14)9-7-8(12)5-6-10(9)13;/h5-7,11H,2-4,14H2,1H3;1H/t11-;/m1./s1. The van der Waals surface area contributed by atoms with Crippen molar-refractivity contribution in [2.24, 2.45) is 5.73 Å². The predicted molar refractivity (Wildman–Crippen MR) is 70.2 cm³/mol. The average molecular weight is 269 g/mol. The van der Waals surface area contributed by atoms with E-state index in [9.17, 15) is 0 Å². The zero-order valence-electron chi connectivity index (χ0n) is 8.67. The molecule has 0 aliphatic carbocycles. The van der Waals surface area contributed by atoms with Crippen molar-refractivity contribution in [2.75, 3.05) is 0 Å². The normalized spacial score (nSPS) is 12.0. The maximum atomic E-state index is 6.03. The van der Waals surface area contributed by atoms with Gasteiger partial charge in [-0.05, 0) is 30.2 Å². The lowest BCUT2D eigenvalue weighted by Crippen LogP contribution is -2.10. The van der Waals surface area contributed by atoms with Crippen LogP contribution in [-0.4, -0.2) is 0 Å². The van der Waals surface area contributed by atoms with E-state index in [1.165, 1.54) is 0 Å². The van der Waals surface area contributed by atoms with Gasteiger partial charge in [0.25, 0.3) is 0 Å². The molecule has 0 heterocycles. The first-order chi connectivity index (χ1) is 6.65. The van der Waals surface area contributed by atoms with Crippen molar-refractivity contribution in [3.63, 3.8) is 0 Å². The van der Waals surface area contributed by atoms with Crippen molar-refractivity contribution in [1.29, 1.82) is 0 Å². The number of nitrogens with two attached hydrogens (primary N) is 1. The molecule has 86 valence electrons. The molecule has 1 aromatic rings. The molecule has 0 aliphatic heterocycles. The lowest BCUT2D eigenvalue weighted by molar-refractivity contribution is 0.603. The van der Waals surface area contributed by atoms with Crippen LogP contribution in [0, 0.1) is 0 Å². The van der Waals surface area contributed by atoms with E-state index in [-0.39, 0.29) is 18.4 Å². The second-order valence-corrected chi connectivity index (χ2v) is 4.26. The topological polar surface area (TPSA) is 26.0 Å². The van der Waals surface area contributed by atoms with E-state index in [0.29, 0.717) is 10.0 Å². The molecular formula is C11H16Cl3N. The summed E-state index contributed by atoms with van der Waals surface area (Å²) in [4.78, 5) is 0. The van der Waals surface area contributed by atoms with Gasteiger partial charge in [-0.15, -0.1) is 12.4 Å². The summed E-state index contributed by atoms with van der Waals surface area (Å²) in [6.07, 6.45) is 3.21. The largest absolute Gasteiger partial charge is 0.324 e. The van der Waals surface area contributed by atoms with Crippen LogP contribution in [0.5, 0.6) is 0 Å². The molecule has 0 aliphatic rings. The van der Waals surface area contributed by atoms with Crippen LogP contribution in [0.15, 0.2) is 18.2 Å². The Morgan fingerprint density at radius 2 is 2.00 bits per heavy atom. The summed E-state index contributed by atoms with van der Waals surface area (Å²) >= 11 is 11.9. The number of unbranched alkanes of at least 4 members (excludes halogenated alkanes) is 1.